The molecule has 0 radical (unpaired) electrons. The Labute approximate surface area is 142 Å². The lowest BCUT2D eigenvalue weighted by Crippen LogP contribution is -2.39. The van der Waals surface area contributed by atoms with Gasteiger partial charge in [0.1, 0.15) is 0 Å². The van der Waals surface area contributed by atoms with Gasteiger partial charge in [0.2, 0.25) is 0 Å². The summed E-state index contributed by atoms with van der Waals surface area (Å²) in [5.41, 5.74) is -1.13. The van der Waals surface area contributed by atoms with Gasteiger partial charge in [-0.3, -0.25) is 9.59 Å². The first kappa shape index (κ1) is 18.6. The maximum Gasteiger partial charge on any atom is 0.416 e. The molecule has 1 aliphatic rings. The number of methoxy groups -OCH3 is 1. The predicted molar refractivity (Wildman–Crippen MR) is 81.7 cm³/mol. The van der Waals surface area contributed by atoms with Gasteiger partial charge in [-0.05, 0) is 43.9 Å². The van der Waals surface area contributed by atoms with Gasteiger partial charge >= 0.3 is 12.1 Å². The number of hydrogen-bond acceptors (Lipinski definition) is 3. The van der Waals surface area contributed by atoms with Crippen molar-refractivity contribution in [2.45, 2.75) is 37.9 Å². The van der Waals surface area contributed by atoms with E-state index in [9.17, 15) is 22.8 Å². The van der Waals surface area contributed by atoms with Crippen LogP contribution in [0.2, 0.25) is 5.02 Å². The largest absolute Gasteiger partial charge is 0.469 e. The summed E-state index contributed by atoms with van der Waals surface area (Å²) >= 11 is 5.85. The Morgan fingerprint density at radius 3 is 2.38 bits per heavy atom. The van der Waals surface area contributed by atoms with Crippen LogP contribution in [0, 0.1) is 5.92 Å². The van der Waals surface area contributed by atoms with E-state index in [-0.39, 0.29) is 28.5 Å². The number of nitrogens with one attached hydrogen (secondary N) is 1. The average Bonchev–Trinajstić information content (AvgIpc) is 2.54. The summed E-state index contributed by atoms with van der Waals surface area (Å²) in [6.45, 7) is 0. The Hall–Kier alpha value is -1.76. The molecule has 0 aliphatic heterocycles. The Morgan fingerprint density at radius 1 is 1.21 bits per heavy atom. The number of carbonyl (C=O) groups excluding carboxylic acids is 2. The van der Waals surface area contributed by atoms with Crippen LogP contribution in [0.1, 0.15) is 41.6 Å². The lowest BCUT2D eigenvalue weighted by Gasteiger charge is -2.27. The number of carbonyl (C=O) groups is 2. The van der Waals surface area contributed by atoms with Gasteiger partial charge in [0.05, 0.1) is 29.2 Å². The molecule has 1 fully saturated rings. The topological polar surface area (TPSA) is 55.4 Å². The number of halogens is 4. The highest BCUT2D eigenvalue weighted by Gasteiger charge is 2.32. The Kier molecular flexibility index (Phi) is 5.74. The van der Waals surface area contributed by atoms with Crippen LogP contribution in [-0.4, -0.2) is 25.0 Å². The molecule has 0 saturated heterocycles. The lowest BCUT2D eigenvalue weighted by atomic mass is 9.86. The fourth-order valence-electron chi connectivity index (χ4n) is 2.78. The highest BCUT2D eigenvalue weighted by Crippen LogP contribution is 2.32. The quantitative estimate of drug-likeness (QED) is 0.831. The zero-order valence-corrected chi connectivity index (χ0v) is 13.7. The van der Waals surface area contributed by atoms with Gasteiger partial charge < -0.3 is 10.1 Å². The maximum atomic E-state index is 12.8. The molecule has 4 nitrogen and oxygen atoms in total. The molecule has 1 saturated carbocycles. The summed E-state index contributed by atoms with van der Waals surface area (Å²) in [6.07, 6.45) is -2.30. The summed E-state index contributed by atoms with van der Waals surface area (Å²) in [6, 6.07) is 2.44. The standard InChI is InChI=1S/C16H17ClF3NO3/c1-24-15(23)9-2-5-11(6-3-9)21-14(22)12-8-10(16(18,19)20)4-7-13(12)17/h4,7-9,11H,2-3,5-6H2,1H3,(H,21,22)/t9-,11-. The van der Waals surface area contributed by atoms with Gasteiger partial charge in [-0.25, -0.2) is 0 Å². The molecule has 1 N–H and O–H groups in total. The first-order chi connectivity index (χ1) is 11.2. The van der Waals surface area contributed by atoms with E-state index in [0.29, 0.717) is 25.7 Å². The summed E-state index contributed by atoms with van der Waals surface area (Å²) in [5.74, 6) is -1.12. The highest BCUT2D eigenvalue weighted by molar-refractivity contribution is 6.33. The van der Waals surface area contributed by atoms with E-state index in [1.807, 2.05) is 0 Å². The number of esters is 1. The van der Waals surface area contributed by atoms with Crippen molar-refractivity contribution in [2.24, 2.45) is 5.92 Å². The van der Waals surface area contributed by atoms with E-state index < -0.39 is 17.6 Å². The van der Waals surface area contributed by atoms with Crippen molar-refractivity contribution < 1.29 is 27.5 Å². The van der Waals surface area contributed by atoms with E-state index in [1.165, 1.54) is 7.11 Å². The molecule has 1 aliphatic carbocycles. The number of amides is 1. The van der Waals surface area contributed by atoms with Crippen molar-refractivity contribution in [3.63, 3.8) is 0 Å². The van der Waals surface area contributed by atoms with Gasteiger partial charge in [0.15, 0.2) is 0 Å². The second kappa shape index (κ2) is 7.42. The molecule has 2 rings (SSSR count). The van der Waals surface area contributed by atoms with Gasteiger partial charge in [0.25, 0.3) is 5.91 Å². The molecule has 0 atom stereocenters. The number of alkyl halides is 3. The number of rotatable bonds is 3. The van der Waals surface area contributed by atoms with E-state index in [4.69, 9.17) is 11.6 Å². The fourth-order valence-corrected chi connectivity index (χ4v) is 2.98. The van der Waals surface area contributed by atoms with E-state index in [2.05, 4.69) is 10.1 Å². The molecule has 1 amide bonds. The minimum Gasteiger partial charge on any atom is -0.469 e. The van der Waals surface area contributed by atoms with Crippen molar-refractivity contribution in [3.05, 3.63) is 34.3 Å². The van der Waals surface area contributed by atoms with Gasteiger partial charge in [-0.1, -0.05) is 11.6 Å². The van der Waals surface area contributed by atoms with Crippen LogP contribution in [0.4, 0.5) is 13.2 Å². The smallest absolute Gasteiger partial charge is 0.416 e. The van der Waals surface area contributed by atoms with Crippen molar-refractivity contribution in [2.75, 3.05) is 7.11 Å². The van der Waals surface area contributed by atoms with E-state index >= 15 is 0 Å². The van der Waals surface area contributed by atoms with Crippen LogP contribution in [0.5, 0.6) is 0 Å². The van der Waals surface area contributed by atoms with Gasteiger partial charge in [0, 0.05) is 6.04 Å². The zero-order valence-electron chi connectivity index (χ0n) is 13.0. The van der Waals surface area contributed by atoms with E-state index in [0.717, 1.165) is 18.2 Å². The lowest BCUT2D eigenvalue weighted by molar-refractivity contribution is -0.146. The highest BCUT2D eigenvalue weighted by atomic mass is 35.5. The monoisotopic (exact) mass is 363 g/mol. The molecule has 0 spiro atoms. The van der Waals surface area contributed by atoms with E-state index in [1.54, 1.807) is 0 Å². The Morgan fingerprint density at radius 2 is 1.83 bits per heavy atom. The number of ether oxygens (including phenoxy) is 1. The maximum absolute atomic E-state index is 12.8. The average molecular weight is 364 g/mol. The summed E-state index contributed by atoms with van der Waals surface area (Å²) in [4.78, 5) is 23.7. The second-order valence-electron chi connectivity index (χ2n) is 5.74. The van der Waals surface area contributed by atoms with Gasteiger partial charge in [-0.2, -0.15) is 13.2 Å². The van der Waals surface area contributed by atoms with Crippen LogP contribution < -0.4 is 5.32 Å². The third-order valence-electron chi connectivity index (χ3n) is 4.14. The molecule has 8 heteroatoms. The third-order valence-corrected chi connectivity index (χ3v) is 4.46. The van der Waals surface area contributed by atoms with Crippen molar-refractivity contribution in [3.8, 4) is 0 Å². The zero-order chi connectivity index (χ0) is 17.9. The molecule has 1 aromatic rings. The first-order valence-electron chi connectivity index (χ1n) is 7.47. The fraction of sp³-hybridized carbons (Fsp3) is 0.500. The minimum atomic E-state index is -4.54. The Bertz CT molecular complexity index is 625. The van der Waals surface area contributed by atoms with Crippen molar-refractivity contribution >= 4 is 23.5 Å². The van der Waals surface area contributed by atoms with Crippen molar-refractivity contribution in [1.29, 1.82) is 0 Å². The van der Waals surface area contributed by atoms with Crippen LogP contribution in [0.3, 0.4) is 0 Å². The van der Waals surface area contributed by atoms with Crippen LogP contribution in [0.25, 0.3) is 0 Å². The summed E-state index contributed by atoms with van der Waals surface area (Å²) < 4.78 is 43.0. The van der Waals surface area contributed by atoms with Crippen molar-refractivity contribution in [1.82, 2.24) is 5.32 Å². The normalized spacial score (nSPS) is 21.2. The van der Waals surface area contributed by atoms with Crippen LogP contribution in [-0.2, 0) is 15.7 Å². The first-order valence-corrected chi connectivity index (χ1v) is 7.85. The summed E-state index contributed by atoms with van der Waals surface area (Å²) in [5, 5.41) is 2.65. The molecule has 0 unspecified atom stereocenters. The van der Waals surface area contributed by atoms with Gasteiger partial charge in [-0.15, -0.1) is 0 Å². The van der Waals surface area contributed by atoms with Crippen LogP contribution in [0.15, 0.2) is 18.2 Å². The SMILES string of the molecule is COC(=O)[C@H]1CC[C@H](NC(=O)c2cc(C(F)(F)F)ccc2Cl)CC1. The molecule has 132 valence electrons. The molecular formula is C16H17ClF3NO3. The number of benzene rings is 1. The molecule has 0 bridgehead atoms. The summed E-state index contributed by atoms with van der Waals surface area (Å²) in [7, 11) is 1.33. The minimum absolute atomic E-state index is 0.0382. The molecule has 0 heterocycles. The van der Waals surface area contributed by atoms with Crippen LogP contribution >= 0.6 is 11.6 Å². The predicted octanol–water partition coefficient (Wildman–Crippen LogP) is 3.82. The molecule has 0 aromatic heterocycles. The second-order valence-corrected chi connectivity index (χ2v) is 6.14. The molecular weight excluding hydrogens is 347 g/mol. The Balaban J connectivity index is 2.02. The molecule has 1 aromatic carbocycles. The third kappa shape index (κ3) is 4.41. The number of hydrogen-bond donors (Lipinski definition) is 1. The molecule has 24 heavy (non-hydrogen) atoms.